The lowest BCUT2D eigenvalue weighted by Crippen LogP contribution is -2.38. The van der Waals surface area contributed by atoms with E-state index in [-0.39, 0.29) is 5.91 Å². The number of amides is 1. The van der Waals surface area contributed by atoms with Gasteiger partial charge in [0.1, 0.15) is 5.75 Å². The van der Waals surface area contributed by atoms with E-state index in [9.17, 15) is 4.79 Å². The average Bonchev–Trinajstić information content (AvgIpc) is 3.18. The Hall–Kier alpha value is -2.86. The highest BCUT2D eigenvalue weighted by Gasteiger charge is 2.31. The molecule has 1 atom stereocenters. The first-order valence-electron chi connectivity index (χ1n) is 11.8. The van der Waals surface area contributed by atoms with E-state index in [1.165, 1.54) is 28.5 Å². The highest BCUT2D eigenvalue weighted by molar-refractivity contribution is 5.94. The lowest BCUT2D eigenvalue weighted by molar-refractivity contribution is 0.0716. The molecule has 1 N–H and O–H groups in total. The molecule has 3 aromatic rings. The van der Waals surface area contributed by atoms with Crippen molar-refractivity contribution in [3.8, 4) is 5.75 Å². The molecule has 1 aliphatic heterocycles. The zero-order valence-corrected chi connectivity index (χ0v) is 19.1. The van der Waals surface area contributed by atoms with E-state index in [4.69, 9.17) is 4.74 Å². The standard InChI is InChI=1S/C26H32N4O2/c1-29-23-12-11-19(16-21(23)25(28-29)26(31)30-14-6-3-7-15-30)27-17-22-20-9-5-4-8-18(20)10-13-24(22)32-2/h4-5,8-10,13,19,27H,3,6-7,11-12,14-17H2,1-2H3/t19-/m0/s1. The van der Waals surface area contributed by atoms with Gasteiger partial charge in [-0.2, -0.15) is 5.10 Å². The first-order valence-corrected chi connectivity index (χ1v) is 11.8. The molecular formula is C26H32N4O2. The van der Waals surface area contributed by atoms with Crippen LogP contribution in [0.15, 0.2) is 36.4 Å². The summed E-state index contributed by atoms with van der Waals surface area (Å²) >= 11 is 0. The van der Waals surface area contributed by atoms with Gasteiger partial charge in [-0.1, -0.05) is 30.3 Å². The second-order valence-electron chi connectivity index (χ2n) is 9.04. The summed E-state index contributed by atoms with van der Waals surface area (Å²) in [5, 5.41) is 10.9. The summed E-state index contributed by atoms with van der Waals surface area (Å²) in [6.45, 7) is 2.44. The molecular weight excluding hydrogens is 400 g/mol. The van der Waals surface area contributed by atoms with Gasteiger partial charge in [-0.3, -0.25) is 9.48 Å². The van der Waals surface area contributed by atoms with Crippen LogP contribution in [-0.4, -0.2) is 46.8 Å². The van der Waals surface area contributed by atoms with Gasteiger partial charge in [-0.25, -0.2) is 0 Å². The minimum absolute atomic E-state index is 0.109. The maximum absolute atomic E-state index is 13.2. The van der Waals surface area contributed by atoms with Crippen molar-refractivity contribution >= 4 is 16.7 Å². The number of ether oxygens (including phenoxy) is 1. The van der Waals surface area contributed by atoms with Crippen LogP contribution < -0.4 is 10.1 Å². The summed E-state index contributed by atoms with van der Waals surface area (Å²) in [7, 11) is 3.70. The number of carbonyl (C=O) groups excluding carboxylic acids is 1. The topological polar surface area (TPSA) is 59.4 Å². The van der Waals surface area contributed by atoms with Gasteiger partial charge in [-0.05, 0) is 55.4 Å². The predicted molar refractivity (Wildman–Crippen MR) is 126 cm³/mol. The Balaban J connectivity index is 1.35. The molecule has 1 fully saturated rings. The number of hydrogen-bond donors (Lipinski definition) is 1. The Bertz CT molecular complexity index is 1130. The zero-order chi connectivity index (χ0) is 22.1. The number of carbonyl (C=O) groups is 1. The van der Waals surface area contributed by atoms with Crippen LogP contribution >= 0.6 is 0 Å². The number of aryl methyl sites for hydroxylation is 1. The maximum atomic E-state index is 13.2. The van der Waals surface area contributed by atoms with Crippen LogP contribution in [0.5, 0.6) is 5.75 Å². The quantitative estimate of drug-likeness (QED) is 0.665. The van der Waals surface area contributed by atoms with Crippen LogP contribution in [0.4, 0.5) is 0 Å². The van der Waals surface area contributed by atoms with Crippen molar-refractivity contribution in [1.82, 2.24) is 20.0 Å². The molecule has 1 amide bonds. The molecule has 0 unspecified atom stereocenters. The molecule has 6 heteroatoms. The molecule has 2 aliphatic rings. The van der Waals surface area contributed by atoms with E-state index in [0.717, 1.165) is 63.1 Å². The number of methoxy groups -OCH3 is 1. The molecule has 5 rings (SSSR count). The van der Waals surface area contributed by atoms with Crippen LogP contribution in [0, 0.1) is 0 Å². The number of rotatable bonds is 5. The summed E-state index contributed by atoms with van der Waals surface area (Å²) in [5.74, 6) is 1.02. The molecule has 0 spiro atoms. The summed E-state index contributed by atoms with van der Waals surface area (Å²) in [6, 6.07) is 12.9. The van der Waals surface area contributed by atoms with E-state index >= 15 is 0 Å². The van der Waals surface area contributed by atoms with Gasteiger partial charge in [0.25, 0.3) is 5.91 Å². The van der Waals surface area contributed by atoms with Crippen molar-refractivity contribution in [2.75, 3.05) is 20.2 Å². The summed E-state index contributed by atoms with van der Waals surface area (Å²) < 4.78 is 7.59. The fourth-order valence-corrected chi connectivity index (χ4v) is 5.32. The average molecular weight is 433 g/mol. The van der Waals surface area contributed by atoms with Gasteiger partial charge >= 0.3 is 0 Å². The van der Waals surface area contributed by atoms with Gasteiger partial charge in [0.15, 0.2) is 5.69 Å². The predicted octanol–water partition coefficient (Wildman–Crippen LogP) is 3.86. The molecule has 32 heavy (non-hydrogen) atoms. The fourth-order valence-electron chi connectivity index (χ4n) is 5.32. The number of hydrogen-bond acceptors (Lipinski definition) is 4. The van der Waals surface area contributed by atoms with Gasteiger partial charge in [0.05, 0.1) is 7.11 Å². The summed E-state index contributed by atoms with van der Waals surface area (Å²) in [4.78, 5) is 15.2. The number of benzene rings is 2. The third-order valence-corrected chi connectivity index (χ3v) is 7.09. The molecule has 6 nitrogen and oxygen atoms in total. The lowest BCUT2D eigenvalue weighted by Gasteiger charge is -2.28. The lowest BCUT2D eigenvalue weighted by atomic mass is 9.90. The van der Waals surface area contributed by atoms with Crippen LogP contribution in [-0.2, 0) is 26.4 Å². The van der Waals surface area contributed by atoms with Gasteiger partial charge < -0.3 is 15.0 Å². The monoisotopic (exact) mass is 432 g/mol. The van der Waals surface area contributed by atoms with Crippen molar-refractivity contribution in [3.63, 3.8) is 0 Å². The molecule has 2 aromatic carbocycles. The molecule has 0 saturated carbocycles. The molecule has 168 valence electrons. The van der Waals surface area contributed by atoms with E-state index in [2.05, 4.69) is 46.8 Å². The SMILES string of the molecule is COc1ccc2ccccc2c1CN[C@H]1CCc2c(c(C(=O)N3CCCCC3)nn2C)C1. The smallest absolute Gasteiger partial charge is 0.274 e. The molecule has 1 aliphatic carbocycles. The first kappa shape index (κ1) is 21.0. The summed E-state index contributed by atoms with van der Waals surface area (Å²) in [5.41, 5.74) is 4.20. The van der Waals surface area contributed by atoms with E-state index in [1.54, 1.807) is 7.11 Å². The third-order valence-electron chi connectivity index (χ3n) is 7.09. The van der Waals surface area contributed by atoms with Crippen molar-refractivity contribution in [2.45, 2.75) is 51.1 Å². The maximum Gasteiger partial charge on any atom is 0.274 e. The molecule has 1 aromatic heterocycles. The van der Waals surface area contributed by atoms with Crippen LogP contribution in [0.25, 0.3) is 10.8 Å². The molecule has 0 radical (unpaired) electrons. The largest absolute Gasteiger partial charge is 0.496 e. The fraction of sp³-hybridized carbons (Fsp3) is 0.462. The third kappa shape index (κ3) is 3.88. The number of likely N-dealkylation sites (tertiary alicyclic amines) is 1. The molecule has 1 saturated heterocycles. The molecule has 0 bridgehead atoms. The Morgan fingerprint density at radius 3 is 2.78 bits per heavy atom. The zero-order valence-electron chi connectivity index (χ0n) is 19.1. The Morgan fingerprint density at radius 1 is 1.16 bits per heavy atom. The minimum Gasteiger partial charge on any atom is -0.496 e. The Kier molecular flexibility index (Phi) is 5.87. The first-order chi connectivity index (χ1) is 15.7. The van der Waals surface area contributed by atoms with E-state index in [1.807, 2.05) is 16.6 Å². The normalized spacial score (nSPS) is 18.6. The number of piperidine rings is 1. The number of fused-ring (bicyclic) bond motifs is 2. The second-order valence-corrected chi connectivity index (χ2v) is 9.04. The Morgan fingerprint density at radius 2 is 1.97 bits per heavy atom. The number of aromatic nitrogens is 2. The van der Waals surface area contributed by atoms with Crippen molar-refractivity contribution in [2.24, 2.45) is 7.05 Å². The van der Waals surface area contributed by atoms with E-state index in [0.29, 0.717) is 11.7 Å². The number of nitrogens with zero attached hydrogens (tertiary/aromatic N) is 3. The minimum atomic E-state index is 0.109. The highest BCUT2D eigenvalue weighted by Crippen LogP contribution is 2.30. The van der Waals surface area contributed by atoms with Crippen LogP contribution in [0.1, 0.15) is 53.0 Å². The highest BCUT2D eigenvalue weighted by atomic mass is 16.5. The summed E-state index contributed by atoms with van der Waals surface area (Å²) in [6.07, 6.45) is 6.22. The van der Waals surface area contributed by atoms with Gasteiger partial charge in [0, 0.05) is 49.5 Å². The molecule has 2 heterocycles. The van der Waals surface area contributed by atoms with Crippen molar-refractivity contribution in [3.05, 3.63) is 58.9 Å². The van der Waals surface area contributed by atoms with Crippen LogP contribution in [0.2, 0.25) is 0 Å². The second kappa shape index (κ2) is 8.94. The van der Waals surface area contributed by atoms with Gasteiger partial charge in [0.2, 0.25) is 0 Å². The van der Waals surface area contributed by atoms with E-state index < -0.39 is 0 Å². The number of nitrogens with one attached hydrogen (secondary N) is 1. The Labute approximate surface area is 189 Å². The van der Waals surface area contributed by atoms with Crippen molar-refractivity contribution < 1.29 is 9.53 Å². The van der Waals surface area contributed by atoms with Gasteiger partial charge in [-0.15, -0.1) is 0 Å². The van der Waals surface area contributed by atoms with Crippen molar-refractivity contribution in [1.29, 1.82) is 0 Å². The van der Waals surface area contributed by atoms with Crippen LogP contribution in [0.3, 0.4) is 0 Å².